The summed E-state index contributed by atoms with van der Waals surface area (Å²) in [7, 11) is 0. The molecule has 33 heavy (non-hydrogen) atoms. The smallest absolute Gasteiger partial charge is 0.274 e. The molecule has 2 aromatic heterocycles. The van der Waals surface area contributed by atoms with Crippen LogP contribution in [0.25, 0.3) is 0 Å². The van der Waals surface area contributed by atoms with Gasteiger partial charge in [0.15, 0.2) is 0 Å². The van der Waals surface area contributed by atoms with Crippen molar-refractivity contribution < 1.29 is 4.79 Å². The van der Waals surface area contributed by atoms with E-state index < -0.39 is 0 Å². The van der Waals surface area contributed by atoms with Crippen LogP contribution in [-0.2, 0) is 0 Å². The lowest BCUT2D eigenvalue weighted by atomic mass is 9.90. The summed E-state index contributed by atoms with van der Waals surface area (Å²) in [5, 5.41) is 2.92. The fourth-order valence-electron chi connectivity index (χ4n) is 5.84. The minimum absolute atomic E-state index is 0.181. The predicted octanol–water partition coefficient (Wildman–Crippen LogP) is 3.50. The lowest BCUT2D eigenvalue weighted by Crippen LogP contribution is -2.53. The highest BCUT2D eigenvalue weighted by molar-refractivity contribution is 6.03. The molecular formula is C26H36N6O. The van der Waals surface area contributed by atoms with E-state index in [9.17, 15) is 4.79 Å². The molecule has 176 valence electrons. The van der Waals surface area contributed by atoms with Gasteiger partial charge < -0.3 is 15.1 Å². The number of piperidine rings is 2. The van der Waals surface area contributed by atoms with Gasteiger partial charge in [-0.25, -0.2) is 4.98 Å². The molecule has 4 fully saturated rings. The molecule has 2 aromatic rings. The molecule has 1 amide bonds. The van der Waals surface area contributed by atoms with Crippen molar-refractivity contribution in [3.63, 3.8) is 0 Å². The fourth-order valence-corrected chi connectivity index (χ4v) is 5.84. The van der Waals surface area contributed by atoms with E-state index in [4.69, 9.17) is 4.98 Å². The largest absolute Gasteiger partial charge is 0.355 e. The summed E-state index contributed by atoms with van der Waals surface area (Å²) in [5.41, 5.74) is 1.19. The van der Waals surface area contributed by atoms with Gasteiger partial charge in [-0.2, -0.15) is 0 Å². The van der Waals surface area contributed by atoms with Gasteiger partial charge in [-0.05, 0) is 82.8 Å². The number of nitrogens with one attached hydrogen (secondary N) is 1. The van der Waals surface area contributed by atoms with Gasteiger partial charge in [0.2, 0.25) is 0 Å². The molecule has 4 aliphatic rings. The van der Waals surface area contributed by atoms with Gasteiger partial charge in [0, 0.05) is 55.8 Å². The number of hydrogen-bond donors (Lipinski definition) is 1. The topological polar surface area (TPSA) is 64.6 Å². The first-order valence-electron chi connectivity index (χ1n) is 12.5. The molecule has 0 saturated carbocycles. The predicted molar refractivity (Wildman–Crippen MR) is 132 cm³/mol. The fraction of sp³-hybridized carbons (Fsp3) is 0.577. The summed E-state index contributed by atoms with van der Waals surface area (Å²) in [6.07, 6.45) is 8.48. The first kappa shape index (κ1) is 22.3. The Hall–Kier alpha value is -2.51. The number of amides is 1. The molecule has 4 aliphatic heterocycles. The Morgan fingerprint density at radius 3 is 2.52 bits per heavy atom. The normalized spacial score (nSPS) is 24.8. The van der Waals surface area contributed by atoms with E-state index in [2.05, 4.69) is 44.9 Å². The third-order valence-corrected chi connectivity index (χ3v) is 7.68. The van der Waals surface area contributed by atoms with Gasteiger partial charge in [0.25, 0.3) is 5.91 Å². The average molecular weight is 449 g/mol. The van der Waals surface area contributed by atoms with Crippen LogP contribution in [0.1, 0.15) is 50.0 Å². The number of aromatic nitrogens is 2. The lowest BCUT2D eigenvalue weighted by molar-refractivity contribution is 0.0373. The van der Waals surface area contributed by atoms with E-state index >= 15 is 0 Å². The Bertz CT molecular complexity index is 943. The van der Waals surface area contributed by atoms with Crippen LogP contribution in [0.4, 0.5) is 11.5 Å². The summed E-state index contributed by atoms with van der Waals surface area (Å²) in [6, 6.07) is 11.3. The number of carbonyl (C=O) groups is 1. The second-order valence-corrected chi connectivity index (χ2v) is 10.1. The second kappa shape index (κ2) is 9.77. The Labute approximate surface area is 197 Å². The lowest BCUT2D eigenvalue weighted by Gasteiger charge is -2.45. The summed E-state index contributed by atoms with van der Waals surface area (Å²) in [5.74, 6) is 1.41. The van der Waals surface area contributed by atoms with Gasteiger partial charge in [0.1, 0.15) is 11.5 Å². The van der Waals surface area contributed by atoms with E-state index in [0.717, 1.165) is 24.6 Å². The molecule has 1 N–H and O–H groups in total. The molecule has 7 heteroatoms. The number of hydrogen-bond acceptors (Lipinski definition) is 6. The van der Waals surface area contributed by atoms with Crippen molar-refractivity contribution in [2.24, 2.45) is 5.92 Å². The zero-order valence-electron chi connectivity index (χ0n) is 19.9. The second-order valence-electron chi connectivity index (χ2n) is 10.1. The quantitative estimate of drug-likeness (QED) is 0.755. The zero-order chi connectivity index (χ0) is 22.8. The maximum absolute atomic E-state index is 12.8. The summed E-state index contributed by atoms with van der Waals surface area (Å²) < 4.78 is 0. The van der Waals surface area contributed by atoms with Crippen molar-refractivity contribution in [3.8, 4) is 0 Å². The number of fused-ring (bicyclic) bond motifs is 4. The highest BCUT2D eigenvalue weighted by Gasteiger charge is 2.39. The van der Waals surface area contributed by atoms with E-state index in [1.807, 2.05) is 6.07 Å². The first-order chi connectivity index (χ1) is 16.1. The highest BCUT2D eigenvalue weighted by Crippen LogP contribution is 2.34. The Balaban J connectivity index is 1.27. The molecular weight excluding hydrogens is 412 g/mol. The molecule has 6 rings (SSSR count). The Morgan fingerprint density at radius 2 is 1.76 bits per heavy atom. The minimum atomic E-state index is -0.181. The number of nitrogens with zero attached hydrogens (tertiary/aromatic N) is 5. The van der Waals surface area contributed by atoms with E-state index in [-0.39, 0.29) is 5.91 Å². The Kier molecular flexibility index (Phi) is 6.60. The standard InChI is InChI=1S/C26H36N6O/c1-19(2)30-14-10-22(11-15-30)32-17-20-6-7-23(32)18-31(16-20)25-5-3-4-24(29-25)26(33)28-21-8-12-27-13-9-21/h3-5,8-9,12-13,19-20,22-23H,6-7,10-11,14-18H2,1-2H3,(H,27,28,33). The molecule has 0 spiro atoms. The van der Waals surface area contributed by atoms with Crippen LogP contribution in [0.5, 0.6) is 0 Å². The summed E-state index contributed by atoms with van der Waals surface area (Å²) in [6.45, 7) is 10.3. The molecule has 2 bridgehead atoms. The molecule has 0 aliphatic carbocycles. The minimum Gasteiger partial charge on any atom is -0.355 e. The molecule has 2 atom stereocenters. The van der Waals surface area contributed by atoms with Crippen LogP contribution >= 0.6 is 0 Å². The van der Waals surface area contributed by atoms with Crippen molar-refractivity contribution in [2.75, 3.05) is 42.9 Å². The van der Waals surface area contributed by atoms with Gasteiger partial charge >= 0.3 is 0 Å². The number of anilines is 2. The third-order valence-electron chi connectivity index (χ3n) is 7.68. The van der Waals surface area contributed by atoms with Crippen molar-refractivity contribution in [2.45, 2.75) is 57.7 Å². The van der Waals surface area contributed by atoms with Crippen LogP contribution in [-0.4, -0.2) is 76.5 Å². The number of carbonyl (C=O) groups excluding carboxylic acids is 1. The average Bonchev–Trinajstić information content (AvgIpc) is 3.17. The maximum Gasteiger partial charge on any atom is 0.274 e. The summed E-state index contributed by atoms with van der Waals surface area (Å²) >= 11 is 0. The molecule has 4 saturated heterocycles. The van der Waals surface area contributed by atoms with E-state index in [1.54, 1.807) is 30.6 Å². The van der Waals surface area contributed by atoms with Crippen molar-refractivity contribution in [1.82, 2.24) is 19.8 Å². The molecule has 2 unspecified atom stereocenters. The van der Waals surface area contributed by atoms with Gasteiger partial charge in [-0.3, -0.25) is 14.7 Å². The molecule has 0 radical (unpaired) electrons. The van der Waals surface area contributed by atoms with Crippen LogP contribution < -0.4 is 10.2 Å². The number of rotatable bonds is 5. The number of pyridine rings is 2. The monoisotopic (exact) mass is 448 g/mol. The van der Waals surface area contributed by atoms with Gasteiger partial charge in [-0.1, -0.05) is 6.07 Å². The molecule has 6 heterocycles. The Morgan fingerprint density at radius 1 is 0.970 bits per heavy atom. The van der Waals surface area contributed by atoms with E-state index in [0.29, 0.717) is 29.7 Å². The van der Waals surface area contributed by atoms with Gasteiger partial charge in [0.05, 0.1) is 0 Å². The highest BCUT2D eigenvalue weighted by atomic mass is 16.1. The van der Waals surface area contributed by atoms with Crippen LogP contribution in [0.3, 0.4) is 0 Å². The van der Waals surface area contributed by atoms with Crippen LogP contribution in [0, 0.1) is 5.92 Å². The molecule has 0 aromatic carbocycles. The van der Waals surface area contributed by atoms with E-state index in [1.165, 1.54) is 45.3 Å². The summed E-state index contributed by atoms with van der Waals surface area (Å²) in [4.78, 5) is 29.4. The SMILES string of the molecule is CC(C)N1CCC(N2CC3CCC2CN(c2cccc(C(=O)Nc4ccncc4)n2)C3)CC1. The van der Waals surface area contributed by atoms with Gasteiger partial charge in [-0.15, -0.1) is 0 Å². The zero-order valence-corrected chi connectivity index (χ0v) is 19.9. The third kappa shape index (κ3) is 5.04. The van der Waals surface area contributed by atoms with Crippen LogP contribution in [0.2, 0.25) is 0 Å². The maximum atomic E-state index is 12.8. The molecule has 7 nitrogen and oxygen atoms in total. The number of likely N-dealkylation sites (tertiary alicyclic amines) is 1. The van der Waals surface area contributed by atoms with Crippen molar-refractivity contribution in [3.05, 3.63) is 48.4 Å². The first-order valence-corrected chi connectivity index (χ1v) is 12.5. The van der Waals surface area contributed by atoms with Crippen LogP contribution in [0.15, 0.2) is 42.7 Å². The van der Waals surface area contributed by atoms with Crippen molar-refractivity contribution >= 4 is 17.4 Å². The van der Waals surface area contributed by atoms with Crippen molar-refractivity contribution in [1.29, 1.82) is 0 Å².